The van der Waals surface area contributed by atoms with Crippen LogP contribution in [0.25, 0.3) is 0 Å². The predicted molar refractivity (Wildman–Crippen MR) is 141 cm³/mol. The molecule has 2 aromatic carbocycles. The Bertz CT molecular complexity index is 919. The van der Waals surface area contributed by atoms with Crippen molar-refractivity contribution in [2.45, 2.75) is 98.0 Å². The van der Waals surface area contributed by atoms with E-state index in [1.165, 1.54) is 37.8 Å². The molecule has 5 heteroatoms. The number of hydrogen-bond donors (Lipinski definition) is 1. The average Bonchev–Trinajstić information content (AvgIpc) is 2.84. The summed E-state index contributed by atoms with van der Waals surface area (Å²) >= 11 is 0. The molecule has 0 aliphatic rings. The summed E-state index contributed by atoms with van der Waals surface area (Å²) < 4.78 is 11.4. The summed E-state index contributed by atoms with van der Waals surface area (Å²) in [5, 5.41) is 10.4. The van der Waals surface area contributed by atoms with E-state index in [0.717, 1.165) is 38.5 Å². The highest BCUT2D eigenvalue weighted by Gasteiger charge is 2.19. The summed E-state index contributed by atoms with van der Waals surface area (Å²) in [5.74, 6) is -0.0446. The highest BCUT2D eigenvalue weighted by atomic mass is 16.5. The number of Topliss-reactive ketones (excluding diaryl/α,β-unsaturated/α-hetero) is 1. The standard InChI is InChI=1S/C30H42O5/c1-5-7-9-11-13-22(3)29(32)27-20-19-26(21-28(27)31)35-30(33)24-15-17-25(18-16-24)34-23(4)14-12-10-8-6-2/h15-23,31H,5-14H2,1-4H3/t22-,23-/m0/s1. The molecule has 2 atom stereocenters. The fraction of sp³-hybridized carbons (Fsp3) is 0.533. The second kappa shape index (κ2) is 15.2. The smallest absolute Gasteiger partial charge is 0.343 e. The molecule has 0 saturated heterocycles. The van der Waals surface area contributed by atoms with E-state index in [4.69, 9.17) is 9.47 Å². The molecule has 0 unspecified atom stereocenters. The maximum atomic E-state index is 12.7. The average molecular weight is 483 g/mol. The molecule has 0 bridgehead atoms. The lowest BCUT2D eigenvalue weighted by molar-refractivity contribution is 0.0734. The quantitative estimate of drug-likeness (QED) is 0.113. The van der Waals surface area contributed by atoms with Gasteiger partial charge in [-0.25, -0.2) is 4.79 Å². The third-order valence-electron chi connectivity index (χ3n) is 6.27. The van der Waals surface area contributed by atoms with Gasteiger partial charge in [0.05, 0.1) is 17.2 Å². The first-order valence-electron chi connectivity index (χ1n) is 13.2. The van der Waals surface area contributed by atoms with Crippen LogP contribution in [0.3, 0.4) is 0 Å². The Morgan fingerprint density at radius 3 is 2.00 bits per heavy atom. The summed E-state index contributed by atoms with van der Waals surface area (Å²) in [6.45, 7) is 8.30. The number of phenolic OH excluding ortho intramolecular Hbond substituents is 1. The van der Waals surface area contributed by atoms with Crippen LogP contribution in [0.1, 0.15) is 113 Å². The monoisotopic (exact) mass is 482 g/mol. The van der Waals surface area contributed by atoms with Gasteiger partial charge in [-0.05, 0) is 62.6 Å². The summed E-state index contributed by atoms with van der Waals surface area (Å²) in [6, 6.07) is 11.3. The van der Waals surface area contributed by atoms with Crippen molar-refractivity contribution in [2.75, 3.05) is 0 Å². The first kappa shape index (κ1) is 28.4. The summed E-state index contributed by atoms with van der Waals surface area (Å²) in [7, 11) is 0. The topological polar surface area (TPSA) is 72.8 Å². The maximum absolute atomic E-state index is 12.7. The van der Waals surface area contributed by atoms with Gasteiger partial charge >= 0.3 is 5.97 Å². The van der Waals surface area contributed by atoms with Crippen LogP contribution >= 0.6 is 0 Å². The molecule has 0 amide bonds. The molecule has 0 fully saturated rings. The molecule has 0 radical (unpaired) electrons. The van der Waals surface area contributed by atoms with E-state index in [0.29, 0.717) is 11.3 Å². The Balaban J connectivity index is 1.89. The summed E-state index contributed by atoms with van der Waals surface area (Å²) in [6.07, 6.45) is 11.2. The van der Waals surface area contributed by atoms with Crippen molar-refractivity contribution in [1.29, 1.82) is 0 Å². The van der Waals surface area contributed by atoms with Crippen molar-refractivity contribution in [2.24, 2.45) is 5.92 Å². The third kappa shape index (κ3) is 9.75. The van der Waals surface area contributed by atoms with Crippen molar-refractivity contribution in [3.63, 3.8) is 0 Å². The van der Waals surface area contributed by atoms with E-state index < -0.39 is 5.97 Å². The van der Waals surface area contributed by atoms with Gasteiger partial charge in [-0.15, -0.1) is 0 Å². The number of ether oxygens (including phenoxy) is 2. The van der Waals surface area contributed by atoms with Gasteiger partial charge in [0.15, 0.2) is 5.78 Å². The third-order valence-corrected chi connectivity index (χ3v) is 6.27. The van der Waals surface area contributed by atoms with Crippen LogP contribution in [0.2, 0.25) is 0 Å². The predicted octanol–water partition coefficient (Wildman–Crippen LogP) is 8.14. The molecule has 2 aromatic rings. The molecule has 5 nitrogen and oxygen atoms in total. The van der Waals surface area contributed by atoms with Crippen molar-refractivity contribution in [1.82, 2.24) is 0 Å². The van der Waals surface area contributed by atoms with Gasteiger partial charge in [0.25, 0.3) is 0 Å². The second-order valence-electron chi connectivity index (χ2n) is 9.49. The van der Waals surface area contributed by atoms with Gasteiger partial charge in [-0.2, -0.15) is 0 Å². The number of phenols is 1. The SMILES string of the molecule is CCCCCC[C@H](C)Oc1ccc(C(=O)Oc2ccc(C(=O)[C@@H](C)CCCCCC)c(O)c2)cc1. The molecule has 1 N–H and O–H groups in total. The lowest BCUT2D eigenvalue weighted by atomic mass is 9.93. The van der Waals surface area contributed by atoms with Gasteiger partial charge in [0, 0.05) is 12.0 Å². The zero-order valence-electron chi connectivity index (χ0n) is 21.8. The lowest BCUT2D eigenvalue weighted by Gasteiger charge is -2.15. The minimum Gasteiger partial charge on any atom is -0.507 e. The number of esters is 1. The molecule has 0 aliphatic heterocycles. The van der Waals surface area contributed by atoms with Gasteiger partial charge in [-0.1, -0.05) is 65.7 Å². The molecule has 35 heavy (non-hydrogen) atoms. The Morgan fingerprint density at radius 1 is 0.800 bits per heavy atom. The van der Waals surface area contributed by atoms with Gasteiger partial charge in [0.1, 0.15) is 17.2 Å². The van der Waals surface area contributed by atoms with Crippen LogP contribution in [0.15, 0.2) is 42.5 Å². The fourth-order valence-corrected chi connectivity index (χ4v) is 4.04. The molecule has 2 rings (SSSR count). The summed E-state index contributed by atoms with van der Waals surface area (Å²) in [5.41, 5.74) is 0.645. The lowest BCUT2D eigenvalue weighted by Crippen LogP contribution is -2.13. The number of carbonyl (C=O) groups excluding carboxylic acids is 2. The molecule has 0 aromatic heterocycles. The van der Waals surface area contributed by atoms with E-state index in [9.17, 15) is 14.7 Å². The van der Waals surface area contributed by atoms with E-state index >= 15 is 0 Å². The minimum absolute atomic E-state index is 0.0907. The van der Waals surface area contributed by atoms with Crippen LogP contribution in [-0.2, 0) is 0 Å². The van der Waals surface area contributed by atoms with Gasteiger partial charge in [-0.3, -0.25) is 4.79 Å². The Morgan fingerprint density at radius 2 is 1.40 bits per heavy atom. The molecule has 0 heterocycles. The Labute approximate surface area is 210 Å². The van der Waals surface area contributed by atoms with Crippen LogP contribution in [0.5, 0.6) is 17.2 Å². The fourth-order valence-electron chi connectivity index (χ4n) is 4.04. The van der Waals surface area contributed by atoms with E-state index in [-0.39, 0.29) is 34.9 Å². The van der Waals surface area contributed by atoms with Gasteiger partial charge in [0.2, 0.25) is 0 Å². The van der Waals surface area contributed by atoms with E-state index in [1.54, 1.807) is 30.3 Å². The number of aromatic hydroxyl groups is 1. The van der Waals surface area contributed by atoms with E-state index in [2.05, 4.69) is 20.8 Å². The zero-order valence-corrected chi connectivity index (χ0v) is 21.8. The van der Waals surface area contributed by atoms with Crippen LogP contribution in [0.4, 0.5) is 0 Å². The summed E-state index contributed by atoms with van der Waals surface area (Å²) in [4.78, 5) is 25.2. The molecule has 192 valence electrons. The minimum atomic E-state index is -0.535. The van der Waals surface area contributed by atoms with Crippen LogP contribution < -0.4 is 9.47 Å². The van der Waals surface area contributed by atoms with Crippen LogP contribution in [-0.4, -0.2) is 23.0 Å². The highest BCUT2D eigenvalue weighted by Crippen LogP contribution is 2.28. The van der Waals surface area contributed by atoms with Crippen molar-refractivity contribution in [3.8, 4) is 17.2 Å². The number of unbranched alkanes of at least 4 members (excludes halogenated alkanes) is 6. The van der Waals surface area contributed by atoms with Crippen molar-refractivity contribution >= 4 is 11.8 Å². The molecule has 0 spiro atoms. The maximum Gasteiger partial charge on any atom is 0.343 e. The van der Waals surface area contributed by atoms with Crippen molar-refractivity contribution < 1.29 is 24.2 Å². The number of hydrogen-bond acceptors (Lipinski definition) is 5. The van der Waals surface area contributed by atoms with E-state index in [1.807, 2.05) is 6.92 Å². The number of ketones is 1. The molecule has 0 saturated carbocycles. The van der Waals surface area contributed by atoms with Gasteiger partial charge < -0.3 is 14.6 Å². The normalized spacial score (nSPS) is 12.7. The largest absolute Gasteiger partial charge is 0.507 e. The first-order valence-corrected chi connectivity index (χ1v) is 13.2. The number of benzene rings is 2. The highest BCUT2D eigenvalue weighted by molar-refractivity contribution is 6.00. The number of rotatable bonds is 16. The molecule has 0 aliphatic carbocycles. The molecular weight excluding hydrogens is 440 g/mol. The first-order chi connectivity index (χ1) is 16.8. The zero-order chi connectivity index (χ0) is 25.6. The second-order valence-corrected chi connectivity index (χ2v) is 9.49. The number of carbonyl (C=O) groups is 2. The van der Waals surface area contributed by atoms with Crippen molar-refractivity contribution in [3.05, 3.63) is 53.6 Å². The Kier molecular flexibility index (Phi) is 12.4. The Hall–Kier alpha value is -2.82. The molecular formula is C30H42O5. The van der Waals surface area contributed by atoms with Crippen LogP contribution in [0, 0.1) is 5.92 Å².